The van der Waals surface area contributed by atoms with E-state index in [1.165, 1.54) is 54.6 Å². The highest BCUT2D eigenvalue weighted by molar-refractivity contribution is 6.28. The van der Waals surface area contributed by atoms with Crippen molar-refractivity contribution in [3.8, 4) is 0 Å². The third kappa shape index (κ3) is 6.64. The van der Waals surface area contributed by atoms with Crippen LogP contribution in [0, 0.1) is 0 Å². The van der Waals surface area contributed by atoms with Gasteiger partial charge in [-0.15, -0.1) is 0 Å². The van der Waals surface area contributed by atoms with Gasteiger partial charge in [-0.3, -0.25) is 0 Å². The molecule has 12 rings (SSSR count). The lowest BCUT2D eigenvalue weighted by atomic mass is 9.90. The van der Waals surface area contributed by atoms with Crippen LogP contribution in [-0.4, -0.2) is 0 Å². The fraction of sp³-hybridized carbons (Fsp3) is 0.188. The highest BCUT2D eigenvalue weighted by atomic mass is 16.3. The Labute approximate surface area is 398 Å². The second kappa shape index (κ2) is 16.1. The Kier molecular flexibility index (Phi) is 9.88. The second-order valence-corrected chi connectivity index (χ2v) is 20.1. The Morgan fingerprint density at radius 1 is 0.309 bits per heavy atom. The van der Waals surface area contributed by atoms with Gasteiger partial charge in [0.25, 0.3) is 0 Å². The molecule has 0 bridgehead atoms. The van der Waals surface area contributed by atoms with Gasteiger partial charge in [-0.1, -0.05) is 165 Å². The van der Waals surface area contributed by atoms with Crippen LogP contribution in [0.1, 0.15) is 101 Å². The first-order chi connectivity index (χ1) is 33.0. The normalized spacial score (nSPS) is 12.4. The van der Waals surface area contributed by atoms with Crippen LogP contribution >= 0.6 is 0 Å². The smallest absolute Gasteiger partial charge is 0.159 e. The van der Waals surface area contributed by atoms with Gasteiger partial charge in [0.2, 0.25) is 0 Å². The van der Waals surface area contributed by atoms with E-state index in [0.29, 0.717) is 23.7 Å². The Morgan fingerprint density at radius 2 is 0.662 bits per heavy atom. The maximum atomic E-state index is 6.86. The Balaban J connectivity index is 1.16. The van der Waals surface area contributed by atoms with Crippen molar-refractivity contribution in [1.29, 1.82) is 0 Å². The molecule has 0 amide bonds. The molecule has 0 aliphatic carbocycles. The van der Waals surface area contributed by atoms with Crippen molar-refractivity contribution in [3.63, 3.8) is 0 Å². The quantitative estimate of drug-likeness (QED) is 0.128. The summed E-state index contributed by atoms with van der Waals surface area (Å²) in [5.41, 5.74) is 15.3. The lowest BCUT2D eigenvalue weighted by molar-refractivity contribution is 0.668. The summed E-state index contributed by atoms with van der Waals surface area (Å²) in [7, 11) is 0. The van der Waals surface area contributed by atoms with E-state index in [1.54, 1.807) is 0 Å². The van der Waals surface area contributed by atoms with Crippen molar-refractivity contribution in [1.82, 2.24) is 0 Å². The Hall–Kier alpha value is -7.56. The summed E-state index contributed by atoms with van der Waals surface area (Å²) in [4.78, 5) is 4.93. The molecule has 334 valence electrons. The summed E-state index contributed by atoms with van der Waals surface area (Å²) >= 11 is 0. The lowest BCUT2D eigenvalue weighted by Gasteiger charge is -2.30. The minimum absolute atomic E-state index is 0.349. The summed E-state index contributed by atoms with van der Waals surface area (Å²) in [6.07, 6.45) is 0. The number of fused-ring (bicyclic) bond motifs is 6. The van der Waals surface area contributed by atoms with Crippen molar-refractivity contribution < 1.29 is 8.83 Å². The molecule has 0 aliphatic heterocycles. The molecule has 0 N–H and O–H groups in total. The number of hydrogen-bond acceptors (Lipinski definition) is 4. The number of hydrogen-bond donors (Lipinski definition) is 0. The average Bonchev–Trinajstić information content (AvgIpc) is 3.93. The summed E-state index contributed by atoms with van der Waals surface area (Å²) in [5, 5.41) is 11.7. The lowest BCUT2D eigenvalue weighted by Crippen LogP contribution is -2.13. The molecule has 0 unspecified atom stereocenters. The minimum atomic E-state index is 0.349. The van der Waals surface area contributed by atoms with E-state index in [2.05, 4.69) is 235 Å². The summed E-state index contributed by atoms with van der Waals surface area (Å²) in [5.74, 6) is 1.40. The van der Waals surface area contributed by atoms with Gasteiger partial charge in [0, 0.05) is 43.7 Å². The molecule has 10 aromatic carbocycles. The molecule has 2 aromatic heterocycles. The van der Waals surface area contributed by atoms with Crippen LogP contribution < -0.4 is 9.80 Å². The first-order valence-corrected chi connectivity index (χ1v) is 24.4. The number of nitrogens with zero attached hydrogens (tertiary/aromatic N) is 2. The predicted molar refractivity (Wildman–Crippen MR) is 290 cm³/mol. The number of rotatable bonds is 10. The zero-order valence-electron chi connectivity index (χ0n) is 40.2. The second-order valence-electron chi connectivity index (χ2n) is 20.1. The summed E-state index contributed by atoms with van der Waals surface area (Å²) in [6.45, 7) is 18.3. The van der Waals surface area contributed by atoms with Gasteiger partial charge >= 0.3 is 0 Å². The maximum Gasteiger partial charge on any atom is 0.159 e. The molecule has 0 atom stereocenters. The van der Waals surface area contributed by atoms with Crippen molar-refractivity contribution in [2.24, 2.45) is 0 Å². The first-order valence-electron chi connectivity index (χ1n) is 24.4. The third-order valence-corrected chi connectivity index (χ3v) is 14.5. The first kappa shape index (κ1) is 41.8. The van der Waals surface area contributed by atoms with E-state index in [0.717, 1.165) is 78.0 Å². The number of anilines is 6. The third-order valence-electron chi connectivity index (χ3n) is 14.5. The molecule has 0 fully saturated rings. The van der Waals surface area contributed by atoms with E-state index < -0.39 is 0 Å². The molecule has 2 heterocycles. The predicted octanol–water partition coefficient (Wildman–Crippen LogP) is 19.8. The van der Waals surface area contributed by atoms with Crippen LogP contribution in [0.15, 0.2) is 179 Å². The van der Waals surface area contributed by atoms with Gasteiger partial charge < -0.3 is 18.6 Å². The molecule has 4 nitrogen and oxygen atoms in total. The van der Waals surface area contributed by atoms with E-state index >= 15 is 0 Å². The van der Waals surface area contributed by atoms with Gasteiger partial charge in [-0.25, -0.2) is 0 Å². The average molecular weight is 885 g/mol. The van der Waals surface area contributed by atoms with Gasteiger partial charge in [0.05, 0.1) is 22.7 Å². The van der Waals surface area contributed by atoms with E-state index in [9.17, 15) is 0 Å². The van der Waals surface area contributed by atoms with Crippen LogP contribution in [0.4, 0.5) is 34.1 Å². The van der Waals surface area contributed by atoms with Crippen LogP contribution in [0.5, 0.6) is 0 Å². The number of furan rings is 2. The molecule has 0 saturated carbocycles. The number of benzene rings is 10. The summed E-state index contributed by atoms with van der Waals surface area (Å²) < 4.78 is 13.7. The number of para-hydroxylation sites is 4. The highest BCUT2D eigenvalue weighted by Gasteiger charge is 2.27. The van der Waals surface area contributed by atoms with Crippen LogP contribution in [0.3, 0.4) is 0 Å². The van der Waals surface area contributed by atoms with Crippen molar-refractivity contribution in [2.75, 3.05) is 9.80 Å². The van der Waals surface area contributed by atoms with Crippen LogP contribution in [-0.2, 0) is 0 Å². The molecule has 68 heavy (non-hydrogen) atoms. The fourth-order valence-corrected chi connectivity index (χ4v) is 10.7. The highest BCUT2D eigenvalue weighted by Crippen LogP contribution is 2.51. The van der Waals surface area contributed by atoms with E-state index in [-0.39, 0.29) is 0 Å². The molecular weight excluding hydrogens is 829 g/mol. The molecule has 12 aromatic rings. The Bertz CT molecular complexity index is 3590. The van der Waals surface area contributed by atoms with Gasteiger partial charge in [0.1, 0.15) is 11.2 Å². The molecule has 0 radical (unpaired) electrons. The Morgan fingerprint density at radius 3 is 1.04 bits per heavy atom. The molecule has 4 heteroatoms. The van der Waals surface area contributed by atoms with Crippen molar-refractivity contribution >= 4 is 110 Å². The van der Waals surface area contributed by atoms with Crippen LogP contribution in [0.25, 0.3) is 76.2 Å². The zero-order chi connectivity index (χ0) is 46.5. The van der Waals surface area contributed by atoms with Crippen molar-refractivity contribution in [2.45, 2.75) is 79.1 Å². The van der Waals surface area contributed by atoms with E-state index in [4.69, 9.17) is 8.83 Å². The fourth-order valence-electron chi connectivity index (χ4n) is 10.7. The van der Waals surface area contributed by atoms with E-state index in [1.807, 2.05) is 0 Å². The maximum absolute atomic E-state index is 6.86. The van der Waals surface area contributed by atoms with Gasteiger partial charge in [0.15, 0.2) is 11.2 Å². The minimum Gasteiger partial charge on any atom is -0.454 e. The molecular formula is C64H56N2O2. The zero-order valence-corrected chi connectivity index (χ0v) is 40.2. The van der Waals surface area contributed by atoms with Crippen molar-refractivity contribution in [3.05, 3.63) is 192 Å². The SMILES string of the molecule is CC(C)c1cc(C(C)C)cc(N(c2ccc3ccc4c(N(c5cc(C(C)C)cc(C(C)C)c5)c5cccc6c5oc5ccccc56)ccc5ccc2c3c54)c2cccc3c2oc2ccccc23)c1. The monoisotopic (exact) mass is 884 g/mol. The van der Waals surface area contributed by atoms with Crippen LogP contribution in [0.2, 0.25) is 0 Å². The molecule has 0 spiro atoms. The molecule has 0 aliphatic rings. The standard InChI is InChI=1S/C64H56N2O2/c1-37(2)43-31-44(38(3)4)34-47(33-43)65(57-19-13-17-51-49-15-9-11-21-59(49)67-63(51)57)55-29-25-41-24-28-54-56(30-26-42-23-27-53(55)61(41)62(42)54)66(48-35-45(39(5)6)32-46(36-48)40(7)8)58-20-14-18-52-50-16-10-12-22-60(50)68-64(52)58/h9-40H,1-8H3. The topological polar surface area (TPSA) is 32.8 Å². The van der Waals surface area contributed by atoms with Gasteiger partial charge in [-0.2, -0.15) is 0 Å². The largest absolute Gasteiger partial charge is 0.454 e. The van der Waals surface area contributed by atoms with Gasteiger partial charge in [-0.05, 0) is 128 Å². The molecule has 0 saturated heterocycles. The summed E-state index contributed by atoms with van der Waals surface area (Å²) in [6, 6.07) is 62.9.